The molecule has 2 rings (SSSR count). The third-order valence-electron chi connectivity index (χ3n) is 3.20. The predicted molar refractivity (Wildman–Crippen MR) is 90.8 cm³/mol. The second-order valence-electron chi connectivity index (χ2n) is 4.84. The molecule has 0 aliphatic carbocycles. The molecule has 0 aromatic heterocycles. The second kappa shape index (κ2) is 6.90. The minimum atomic E-state index is -0.723. The molecule has 0 bridgehead atoms. The van der Waals surface area contributed by atoms with E-state index in [0.717, 1.165) is 5.56 Å². The van der Waals surface area contributed by atoms with Crippen LogP contribution >= 0.6 is 23.2 Å². The van der Waals surface area contributed by atoms with Crippen LogP contribution in [0.4, 0.5) is 11.4 Å². The van der Waals surface area contributed by atoms with Crippen molar-refractivity contribution < 1.29 is 9.53 Å². The molecule has 0 aliphatic heterocycles. The summed E-state index contributed by atoms with van der Waals surface area (Å²) in [5.74, 6) is 0.109. The molecule has 3 N–H and O–H groups in total. The molecular weight excluding hydrogens is 323 g/mol. The number of rotatable bonds is 4. The normalized spacial score (nSPS) is 11.8. The number of nitrogen functional groups attached to an aromatic ring is 1. The van der Waals surface area contributed by atoms with Crippen LogP contribution in [-0.4, -0.2) is 12.0 Å². The number of carbonyl (C=O) groups is 1. The van der Waals surface area contributed by atoms with Crippen LogP contribution < -0.4 is 15.8 Å². The Hall–Kier alpha value is -1.91. The molecule has 6 heteroatoms. The number of nitrogens with one attached hydrogen (secondary N) is 1. The Morgan fingerprint density at radius 3 is 2.68 bits per heavy atom. The number of benzene rings is 2. The third-order valence-corrected chi connectivity index (χ3v) is 3.73. The van der Waals surface area contributed by atoms with Gasteiger partial charge in [0, 0.05) is 16.4 Å². The van der Waals surface area contributed by atoms with Gasteiger partial charge in [-0.2, -0.15) is 0 Å². The van der Waals surface area contributed by atoms with Crippen molar-refractivity contribution in [3.63, 3.8) is 0 Å². The topological polar surface area (TPSA) is 64.3 Å². The molecule has 0 aliphatic rings. The van der Waals surface area contributed by atoms with E-state index in [0.29, 0.717) is 27.2 Å². The predicted octanol–water partition coefficient (Wildman–Crippen LogP) is 4.29. The highest BCUT2D eigenvalue weighted by Gasteiger charge is 2.17. The first kappa shape index (κ1) is 16.5. The van der Waals surface area contributed by atoms with Gasteiger partial charge >= 0.3 is 0 Å². The number of amides is 1. The number of anilines is 2. The van der Waals surface area contributed by atoms with Crippen LogP contribution in [0, 0.1) is 6.92 Å². The fourth-order valence-electron chi connectivity index (χ4n) is 1.84. The van der Waals surface area contributed by atoms with Gasteiger partial charge in [0.15, 0.2) is 6.10 Å². The van der Waals surface area contributed by atoms with E-state index in [-0.39, 0.29) is 5.91 Å². The number of hydrogen-bond donors (Lipinski definition) is 2. The van der Waals surface area contributed by atoms with Gasteiger partial charge in [0.2, 0.25) is 0 Å². The Morgan fingerprint density at radius 2 is 2.00 bits per heavy atom. The van der Waals surface area contributed by atoms with Crippen molar-refractivity contribution in [3.05, 3.63) is 52.0 Å². The van der Waals surface area contributed by atoms with Crippen molar-refractivity contribution in [1.82, 2.24) is 0 Å². The number of halogens is 2. The first-order valence-corrected chi connectivity index (χ1v) is 7.41. The average Bonchev–Trinajstić information content (AvgIpc) is 2.46. The minimum Gasteiger partial charge on any atom is -0.479 e. The van der Waals surface area contributed by atoms with Crippen molar-refractivity contribution >= 4 is 40.5 Å². The zero-order chi connectivity index (χ0) is 16.3. The number of nitrogens with two attached hydrogens (primary N) is 1. The van der Waals surface area contributed by atoms with E-state index in [1.165, 1.54) is 0 Å². The Labute approximate surface area is 139 Å². The van der Waals surface area contributed by atoms with Gasteiger partial charge in [-0.3, -0.25) is 4.79 Å². The number of ether oxygens (including phenoxy) is 1. The van der Waals surface area contributed by atoms with E-state index in [1.54, 1.807) is 43.3 Å². The molecule has 1 atom stereocenters. The van der Waals surface area contributed by atoms with E-state index in [4.69, 9.17) is 33.7 Å². The molecule has 2 aromatic carbocycles. The van der Waals surface area contributed by atoms with Crippen molar-refractivity contribution in [2.75, 3.05) is 11.1 Å². The van der Waals surface area contributed by atoms with E-state index in [1.807, 2.05) is 6.92 Å². The van der Waals surface area contributed by atoms with Gasteiger partial charge in [-0.1, -0.05) is 29.3 Å². The van der Waals surface area contributed by atoms with Crippen LogP contribution in [-0.2, 0) is 4.79 Å². The summed E-state index contributed by atoms with van der Waals surface area (Å²) >= 11 is 11.9. The highest BCUT2D eigenvalue weighted by atomic mass is 35.5. The molecule has 4 nitrogen and oxygen atoms in total. The molecule has 0 saturated heterocycles. The summed E-state index contributed by atoms with van der Waals surface area (Å²) in [4.78, 5) is 12.2. The summed E-state index contributed by atoms with van der Waals surface area (Å²) in [6.45, 7) is 3.48. The number of hydrogen-bond acceptors (Lipinski definition) is 3. The summed E-state index contributed by atoms with van der Waals surface area (Å²) in [7, 11) is 0. The van der Waals surface area contributed by atoms with Gasteiger partial charge in [-0.25, -0.2) is 0 Å². The molecule has 116 valence electrons. The largest absolute Gasteiger partial charge is 0.479 e. The molecular formula is C16H16Cl2N2O2. The molecule has 0 radical (unpaired) electrons. The molecule has 0 heterocycles. The van der Waals surface area contributed by atoms with Crippen LogP contribution in [0.25, 0.3) is 0 Å². The first-order chi connectivity index (χ1) is 10.4. The van der Waals surface area contributed by atoms with Crippen LogP contribution in [0.3, 0.4) is 0 Å². The lowest BCUT2D eigenvalue weighted by Crippen LogP contribution is -2.30. The van der Waals surface area contributed by atoms with Gasteiger partial charge in [-0.05, 0) is 49.7 Å². The average molecular weight is 339 g/mol. The smallest absolute Gasteiger partial charge is 0.265 e. The van der Waals surface area contributed by atoms with Gasteiger partial charge in [0.05, 0.1) is 5.02 Å². The lowest BCUT2D eigenvalue weighted by molar-refractivity contribution is -0.122. The summed E-state index contributed by atoms with van der Waals surface area (Å²) in [5.41, 5.74) is 7.90. The van der Waals surface area contributed by atoms with Gasteiger partial charge in [0.1, 0.15) is 5.75 Å². The van der Waals surface area contributed by atoms with E-state index >= 15 is 0 Å². The second-order valence-corrected chi connectivity index (χ2v) is 5.69. The first-order valence-electron chi connectivity index (χ1n) is 6.66. The van der Waals surface area contributed by atoms with Gasteiger partial charge in [-0.15, -0.1) is 0 Å². The zero-order valence-corrected chi connectivity index (χ0v) is 13.7. The lowest BCUT2D eigenvalue weighted by Gasteiger charge is -2.17. The Kier molecular flexibility index (Phi) is 5.16. The third kappa shape index (κ3) is 3.84. The lowest BCUT2D eigenvalue weighted by atomic mass is 10.1. The molecule has 2 aromatic rings. The Balaban J connectivity index is 2.07. The van der Waals surface area contributed by atoms with Gasteiger partial charge in [0.25, 0.3) is 5.91 Å². The Bertz CT molecular complexity index is 705. The summed E-state index contributed by atoms with van der Waals surface area (Å²) in [6, 6.07) is 10.2. The molecule has 0 spiro atoms. The van der Waals surface area contributed by atoms with Crippen LogP contribution in [0.15, 0.2) is 36.4 Å². The van der Waals surface area contributed by atoms with E-state index in [9.17, 15) is 4.79 Å². The van der Waals surface area contributed by atoms with E-state index in [2.05, 4.69) is 5.32 Å². The highest BCUT2D eigenvalue weighted by molar-refractivity contribution is 6.35. The molecule has 1 amide bonds. The van der Waals surface area contributed by atoms with Crippen molar-refractivity contribution in [2.24, 2.45) is 0 Å². The molecule has 22 heavy (non-hydrogen) atoms. The van der Waals surface area contributed by atoms with Crippen molar-refractivity contribution in [2.45, 2.75) is 20.0 Å². The fourth-order valence-corrected chi connectivity index (χ4v) is 2.29. The maximum atomic E-state index is 12.2. The van der Waals surface area contributed by atoms with Crippen molar-refractivity contribution in [1.29, 1.82) is 0 Å². The van der Waals surface area contributed by atoms with Crippen LogP contribution in [0.2, 0.25) is 10.0 Å². The van der Waals surface area contributed by atoms with Crippen LogP contribution in [0.1, 0.15) is 12.5 Å². The summed E-state index contributed by atoms with van der Waals surface area (Å²) in [5, 5.41) is 3.65. The SMILES string of the molecule is Cc1c(N)cccc1NC(=O)[C@@H](C)Oc1ccc(Cl)cc1Cl. The maximum Gasteiger partial charge on any atom is 0.265 e. The minimum absolute atomic E-state index is 0.292. The highest BCUT2D eigenvalue weighted by Crippen LogP contribution is 2.28. The molecule has 0 fully saturated rings. The fraction of sp³-hybridized carbons (Fsp3) is 0.188. The zero-order valence-electron chi connectivity index (χ0n) is 12.2. The monoisotopic (exact) mass is 338 g/mol. The summed E-state index contributed by atoms with van der Waals surface area (Å²) < 4.78 is 5.57. The quantitative estimate of drug-likeness (QED) is 0.817. The molecule has 0 saturated carbocycles. The Morgan fingerprint density at radius 1 is 1.27 bits per heavy atom. The van der Waals surface area contributed by atoms with E-state index < -0.39 is 6.10 Å². The number of carbonyl (C=O) groups excluding carboxylic acids is 1. The van der Waals surface area contributed by atoms with Gasteiger partial charge < -0.3 is 15.8 Å². The summed E-state index contributed by atoms with van der Waals surface area (Å²) in [6.07, 6.45) is -0.723. The maximum absolute atomic E-state index is 12.2. The molecule has 0 unspecified atom stereocenters. The van der Waals surface area contributed by atoms with Crippen molar-refractivity contribution in [3.8, 4) is 5.75 Å². The standard InChI is InChI=1S/C16H16Cl2N2O2/c1-9-13(19)4-3-5-14(9)20-16(21)10(2)22-15-7-6-11(17)8-12(15)18/h3-8,10H,19H2,1-2H3,(H,20,21)/t10-/m1/s1. The van der Waals surface area contributed by atoms with Crippen LogP contribution in [0.5, 0.6) is 5.75 Å².